The predicted molar refractivity (Wildman–Crippen MR) is 116 cm³/mol. The Labute approximate surface area is 178 Å². The van der Waals surface area contributed by atoms with Gasteiger partial charge in [0.1, 0.15) is 5.82 Å². The number of nitrogen functional groups attached to an aromatic ring is 1. The van der Waals surface area contributed by atoms with Gasteiger partial charge in [0.25, 0.3) is 0 Å². The monoisotopic (exact) mass is 429 g/mol. The molecule has 0 aromatic carbocycles. The molecule has 0 amide bonds. The van der Waals surface area contributed by atoms with E-state index in [1.54, 1.807) is 12.3 Å². The van der Waals surface area contributed by atoms with Gasteiger partial charge in [-0.05, 0) is 37.2 Å². The maximum absolute atomic E-state index is 6.44. The van der Waals surface area contributed by atoms with Gasteiger partial charge in [0.2, 0.25) is 5.95 Å². The lowest BCUT2D eigenvalue weighted by molar-refractivity contribution is 0.197. The molecular weight excluding hydrogens is 406 g/mol. The highest BCUT2D eigenvalue weighted by Gasteiger charge is 2.43. The van der Waals surface area contributed by atoms with E-state index >= 15 is 0 Å². The summed E-state index contributed by atoms with van der Waals surface area (Å²) < 4.78 is 2.06. The van der Waals surface area contributed by atoms with Crippen LogP contribution in [0, 0.1) is 5.41 Å². The van der Waals surface area contributed by atoms with Gasteiger partial charge in [-0.15, -0.1) is 0 Å². The maximum Gasteiger partial charge on any atom is 0.211 e. The smallest absolute Gasteiger partial charge is 0.211 e. The molecular formula is C20H24ClN7S. The van der Waals surface area contributed by atoms with E-state index < -0.39 is 0 Å². The summed E-state index contributed by atoms with van der Waals surface area (Å²) in [5.74, 6) is 1.37. The van der Waals surface area contributed by atoms with E-state index in [4.69, 9.17) is 28.1 Å². The number of halogens is 1. The second kappa shape index (κ2) is 7.34. The molecule has 1 saturated carbocycles. The Balaban J connectivity index is 1.42. The van der Waals surface area contributed by atoms with Crippen LogP contribution in [-0.2, 0) is 0 Å². The Morgan fingerprint density at radius 2 is 1.93 bits per heavy atom. The molecule has 4 N–H and O–H groups in total. The first-order valence-electron chi connectivity index (χ1n) is 9.97. The average molecular weight is 430 g/mol. The maximum atomic E-state index is 6.44. The van der Waals surface area contributed by atoms with E-state index in [0.717, 1.165) is 53.7 Å². The van der Waals surface area contributed by atoms with Crippen LogP contribution in [0.3, 0.4) is 0 Å². The fourth-order valence-corrected chi connectivity index (χ4v) is 5.89. The summed E-state index contributed by atoms with van der Waals surface area (Å²) in [6.45, 7) is 1.96. The minimum absolute atomic E-state index is 0.332. The number of rotatable bonds is 3. The molecule has 4 heterocycles. The van der Waals surface area contributed by atoms with Crippen LogP contribution in [0.1, 0.15) is 32.1 Å². The zero-order chi connectivity index (χ0) is 20.0. The van der Waals surface area contributed by atoms with Crippen LogP contribution in [0.25, 0.3) is 5.65 Å². The van der Waals surface area contributed by atoms with E-state index in [1.165, 1.54) is 24.6 Å². The van der Waals surface area contributed by atoms with Crippen LogP contribution in [-0.4, -0.2) is 38.5 Å². The average Bonchev–Trinajstić information content (AvgIpc) is 3.34. The van der Waals surface area contributed by atoms with Crippen molar-refractivity contribution in [2.24, 2.45) is 11.1 Å². The van der Waals surface area contributed by atoms with Crippen molar-refractivity contribution >= 4 is 40.8 Å². The first kappa shape index (κ1) is 19.0. The highest BCUT2D eigenvalue weighted by Crippen LogP contribution is 2.46. The number of piperidine rings is 1. The molecule has 152 valence electrons. The van der Waals surface area contributed by atoms with Gasteiger partial charge in [-0.2, -0.15) is 0 Å². The summed E-state index contributed by atoms with van der Waals surface area (Å²) in [5.41, 5.74) is 13.5. The van der Waals surface area contributed by atoms with Gasteiger partial charge in [-0.25, -0.2) is 15.0 Å². The Morgan fingerprint density at radius 1 is 1.10 bits per heavy atom. The van der Waals surface area contributed by atoms with Crippen LogP contribution >= 0.6 is 23.4 Å². The van der Waals surface area contributed by atoms with Crippen LogP contribution in [0.5, 0.6) is 0 Å². The third-order valence-corrected chi connectivity index (χ3v) is 7.93. The molecule has 0 radical (unpaired) electrons. The minimum Gasteiger partial charge on any atom is -0.384 e. The molecule has 3 aromatic heterocycles. The SMILES string of the molecule is Nc1cc(Sc2cnc(N3CCC4(CCC[C@H]4N)CC3)n3ccnc23)c(Cl)cn1. The molecule has 1 aliphatic carbocycles. The fourth-order valence-electron chi connectivity index (χ4n) is 4.76. The van der Waals surface area contributed by atoms with E-state index in [2.05, 4.69) is 19.3 Å². The predicted octanol–water partition coefficient (Wildman–Crippen LogP) is 3.61. The van der Waals surface area contributed by atoms with Gasteiger partial charge >= 0.3 is 0 Å². The van der Waals surface area contributed by atoms with Gasteiger partial charge in [0.15, 0.2) is 5.65 Å². The number of hydrogen-bond donors (Lipinski definition) is 2. The molecule has 1 aliphatic heterocycles. The normalized spacial score (nSPS) is 21.3. The molecule has 3 aromatic rings. The molecule has 2 aliphatic rings. The molecule has 2 fully saturated rings. The second-order valence-electron chi connectivity index (χ2n) is 8.03. The van der Waals surface area contributed by atoms with Crippen LogP contribution in [0.4, 0.5) is 11.8 Å². The number of hydrogen-bond acceptors (Lipinski definition) is 7. The number of anilines is 2. The summed E-state index contributed by atoms with van der Waals surface area (Å²) in [6.07, 6.45) is 13.2. The van der Waals surface area contributed by atoms with Crippen molar-refractivity contribution in [3.8, 4) is 0 Å². The van der Waals surface area contributed by atoms with E-state index in [1.807, 2.05) is 18.6 Å². The van der Waals surface area contributed by atoms with Crippen molar-refractivity contribution in [2.75, 3.05) is 23.7 Å². The van der Waals surface area contributed by atoms with E-state index in [0.29, 0.717) is 22.3 Å². The zero-order valence-corrected chi connectivity index (χ0v) is 17.7. The number of fused-ring (bicyclic) bond motifs is 1. The standard InChI is InChI=1S/C20H24ClN7S/c21-13-11-25-17(23)10-14(13)29-15-12-26-19(28-9-6-24-18(15)28)27-7-4-20(5-8-27)3-1-2-16(20)22/h6,9-12,16H,1-5,7-8,22H2,(H2,23,25)/t16-/m1/s1. The molecule has 1 atom stereocenters. The first-order valence-corrected chi connectivity index (χ1v) is 11.2. The molecule has 1 spiro atoms. The van der Waals surface area contributed by atoms with E-state index in [-0.39, 0.29) is 0 Å². The summed E-state index contributed by atoms with van der Waals surface area (Å²) in [7, 11) is 0. The van der Waals surface area contributed by atoms with Gasteiger partial charge in [0, 0.05) is 48.8 Å². The molecule has 5 rings (SSSR count). The van der Waals surface area contributed by atoms with Gasteiger partial charge < -0.3 is 16.4 Å². The first-order chi connectivity index (χ1) is 14.1. The third kappa shape index (κ3) is 3.33. The Kier molecular flexibility index (Phi) is 4.80. The van der Waals surface area contributed by atoms with Crippen molar-refractivity contribution in [2.45, 2.75) is 47.9 Å². The lowest BCUT2D eigenvalue weighted by Gasteiger charge is -2.42. The van der Waals surface area contributed by atoms with Gasteiger partial charge in [-0.3, -0.25) is 4.40 Å². The topological polar surface area (TPSA) is 98.4 Å². The molecule has 0 unspecified atom stereocenters. The summed E-state index contributed by atoms with van der Waals surface area (Å²) in [6, 6.07) is 2.12. The Bertz CT molecular complexity index is 1040. The van der Waals surface area contributed by atoms with Crippen LogP contribution in [0.2, 0.25) is 5.02 Å². The zero-order valence-electron chi connectivity index (χ0n) is 16.1. The largest absolute Gasteiger partial charge is 0.384 e. The summed E-state index contributed by atoms with van der Waals surface area (Å²) >= 11 is 7.79. The van der Waals surface area contributed by atoms with Crippen molar-refractivity contribution in [1.29, 1.82) is 0 Å². The quantitative estimate of drug-likeness (QED) is 0.656. The number of nitrogens with zero attached hydrogens (tertiary/aromatic N) is 5. The summed E-state index contributed by atoms with van der Waals surface area (Å²) in [5, 5.41) is 0.562. The van der Waals surface area contributed by atoms with Gasteiger partial charge in [-0.1, -0.05) is 29.8 Å². The number of imidazole rings is 1. The van der Waals surface area contributed by atoms with Crippen molar-refractivity contribution in [3.05, 3.63) is 35.9 Å². The minimum atomic E-state index is 0.332. The van der Waals surface area contributed by atoms with E-state index in [9.17, 15) is 0 Å². The lowest BCUT2D eigenvalue weighted by Crippen LogP contribution is -2.47. The second-order valence-corrected chi connectivity index (χ2v) is 9.52. The number of pyridine rings is 1. The highest BCUT2D eigenvalue weighted by molar-refractivity contribution is 7.99. The Hall–Kier alpha value is -2.03. The highest BCUT2D eigenvalue weighted by atomic mass is 35.5. The van der Waals surface area contributed by atoms with Crippen LogP contribution in [0.15, 0.2) is 40.6 Å². The molecule has 0 bridgehead atoms. The fraction of sp³-hybridized carbons (Fsp3) is 0.450. The van der Waals surface area contributed by atoms with Crippen molar-refractivity contribution in [3.63, 3.8) is 0 Å². The Morgan fingerprint density at radius 3 is 2.69 bits per heavy atom. The summed E-state index contributed by atoms with van der Waals surface area (Å²) in [4.78, 5) is 17.5. The lowest BCUT2D eigenvalue weighted by atomic mass is 9.74. The van der Waals surface area contributed by atoms with Crippen molar-refractivity contribution in [1.82, 2.24) is 19.4 Å². The van der Waals surface area contributed by atoms with Crippen molar-refractivity contribution < 1.29 is 0 Å². The molecule has 9 heteroatoms. The molecule has 29 heavy (non-hydrogen) atoms. The third-order valence-electron chi connectivity index (χ3n) is 6.45. The number of aromatic nitrogens is 4. The number of nitrogens with two attached hydrogens (primary N) is 2. The molecule has 7 nitrogen and oxygen atoms in total. The van der Waals surface area contributed by atoms with Gasteiger partial charge in [0.05, 0.1) is 9.92 Å². The molecule has 1 saturated heterocycles. The van der Waals surface area contributed by atoms with Crippen LogP contribution < -0.4 is 16.4 Å².